The lowest BCUT2D eigenvalue weighted by Gasteiger charge is -2.29. The number of allylic oxidation sites excluding steroid dienone is 1. The van der Waals surface area contributed by atoms with Crippen LogP contribution in [-0.4, -0.2) is 80.9 Å². The maximum Gasteiger partial charge on any atom is 0.203 e. The van der Waals surface area contributed by atoms with Gasteiger partial charge in [-0.2, -0.15) is 0 Å². The fourth-order valence-corrected chi connectivity index (χ4v) is 3.74. The largest absolute Gasteiger partial charge is 0.493 e. The zero-order valence-electron chi connectivity index (χ0n) is 21.6. The summed E-state index contributed by atoms with van der Waals surface area (Å²) in [5.74, 6) is 1.97. The van der Waals surface area contributed by atoms with Gasteiger partial charge >= 0.3 is 0 Å². The molecule has 0 bridgehead atoms. The summed E-state index contributed by atoms with van der Waals surface area (Å²) >= 11 is 0. The highest BCUT2D eigenvalue weighted by Crippen LogP contribution is 2.45. The number of methoxy groups -OCH3 is 5. The molecule has 1 atom stereocenters. The quantitative estimate of drug-likeness (QED) is 0.181. The second kappa shape index (κ2) is 12.9. The van der Waals surface area contributed by atoms with Gasteiger partial charge in [-0.05, 0) is 40.3 Å². The van der Waals surface area contributed by atoms with Gasteiger partial charge in [0.05, 0.1) is 48.2 Å². The third-order valence-corrected chi connectivity index (χ3v) is 5.55. The van der Waals surface area contributed by atoms with E-state index >= 15 is 0 Å². The van der Waals surface area contributed by atoms with Crippen molar-refractivity contribution < 1.29 is 38.3 Å². The number of tetrazole rings is 1. The van der Waals surface area contributed by atoms with Crippen LogP contribution in [0.4, 0.5) is 0 Å². The van der Waals surface area contributed by atoms with Crippen LogP contribution in [0.1, 0.15) is 17.0 Å². The van der Waals surface area contributed by atoms with Gasteiger partial charge in [-0.1, -0.05) is 12.1 Å². The summed E-state index contributed by atoms with van der Waals surface area (Å²) in [6, 6.07) is 8.26. The van der Waals surface area contributed by atoms with E-state index in [0.29, 0.717) is 53.1 Å². The number of ether oxygens (including phenoxy) is 7. The topological polar surface area (TPSA) is 128 Å². The molecule has 2 aromatic carbocycles. The first-order valence-electron chi connectivity index (χ1n) is 11.3. The minimum Gasteiger partial charge on any atom is -0.493 e. The number of aromatic nitrogens is 4. The Morgan fingerprint density at radius 3 is 2.16 bits per heavy atom. The Morgan fingerprint density at radius 2 is 1.57 bits per heavy atom. The number of hydrogen-bond acceptors (Lipinski definition) is 11. The Balaban J connectivity index is 2.21. The zero-order chi connectivity index (χ0) is 26.8. The molecule has 200 valence electrons. The van der Waals surface area contributed by atoms with Gasteiger partial charge in [0.2, 0.25) is 5.75 Å². The molecule has 12 heteroatoms. The first kappa shape index (κ1) is 27.7. The summed E-state index contributed by atoms with van der Waals surface area (Å²) < 4.78 is 39.6. The van der Waals surface area contributed by atoms with Gasteiger partial charge < -0.3 is 38.3 Å². The Hall–Kier alpha value is -3.87. The van der Waals surface area contributed by atoms with Crippen LogP contribution in [0.5, 0.6) is 28.7 Å². The molecule has 0 saturated carbocycles. The average Bonchev–Trinajstić information content (AvgIpc) is 3.40. The van der Waals surface area contributed by atoms with Gasteiger partial charge in [-0.15, -0.1) is 11.7 Å². The lowest BCUT2D eigenvalue weighted by Crippen LogP contribution is -2.33. The molecule has 0 spiro atoms. The maximum atomic E-state index is 12.5. The molecule has 0 aliphatic carbocycles. The van der Waals surface area contributed by atoms with E-state index in [1.807, 2.05) is 0 Å². The highest BCUT2D eigenvalue weighted by Gasteiger charge is 2.41. The predicted octanol–water partition coefficient (Wildman–Crippen LogP) is 2.18. The third kappa shape index (κ3) is 5.77. The van der Waals surface area contributed by atoms with Crippen LogP contribution in [0, 0.1) is 0 Å². The van der Waals surface area contributed by atoms with Gasteiger partial charge in [0.15, 0.2) is 41.2 Å². The van der Waals surface area contributed by atoms with Crippen molar-refractivity contribution in [2.24, 2.45) is 0 Å². The third-order valence-electron chi connectivity index (χ3n) is 5.55. The predicted molar refractivity (Wildman–Crippen MR) is 133 cm³/mol. The molecule has 0 amide bonds. The van der Waals surface area contributed by atoms with E-state index in [1.54, 1.807) is 43.5 Å². The van der Waals surface area contributed by atoms with Crippen molar-refractivity contribution >= 4 is 0 Å². The molecule has 3 rings (SSSR count). The molecule has 3 aromatic rings. The van der Waals surface area contributed by atoms with Crippen LogP contribution in [-0.2, 0) is 21.6 Å². The summed E-state index contributed by atoms with van der Waals surface area (Å²) in [5, 5.41) is 24.4. The van der Waals surface area contributed by atoms with Gasteiger partial charge in [0.25, 0.3) is 0 Å². The monoisotopic (exact) mass is 516 g/mol. The van der Waals surface area contributed by atoms with Crippen LogP contribution < -0.4 is 23.7 Å². The van der Waals surface area contributed by atoms with Crippen molar-refractivity contribution in [2.75, 3.05) is 55.6 Å². The Kier molecular flexibility index (Phi) is 9.66. The number of rotatable bonds is 15. The van der Waals surface area contributed by atoms with Gasteiger partial charge in [0, 0.05) is 12.7 Å². The molecule has 1 N–H and O–H groups in total. The summed E-state index contributed by atoms with van der Waals surface area (Å²) in [6.07, 6.45) is 1.62. The van der Waals surface area contributed by atoms with Crippen molar-refractivity contribution in [3.05, 3.63) is 59.9 Å². The van der Waals surface area contributed by atoms with Crippen LogP contribution in [0.2, 0.25) is 0 Å². The van der Waals surface area contributed by atoms with E-state index in [2.05, 4.69) is 22.1 Å². The molecular formula is C25H32N4O8. The van der Waals surface area contributed by atoms with Crippen molar-refractivity contribution in [3.63, 3.8) is 0 Å². The van der Waals surface area contributed by atoms with E-state index < -0.39 is 5.60 Å². The van der Waals surface area contributed by atoms with Crippen LogP contribution in [0.3, 0.4) is 0 Å². The minimum absolute atomic E-state index is 0.0556. The highest BCUT2D eigenvalue weighted by atomic mass is 16.7. The lowest BCUT2D eigenvalue weighted by atomic mass is 9.84. The summed E-state index contributed by atoms with van der Waals surface area (Å²) in [6.45, 7) is 4.73. The smallest absolute Gasteiger partial charge is 0.203 e. The summed E-state index contributed by atoms with van der Waals surface area (Å²) in [4.78, 5) is 0. The molecule has 1 aromatic heterocycles. The zero-order valence-corrected chi connectivity index (χ0v) is 21.6. The Bertz CT molecular complexity index is 1160. The molecule has 37 heavy (non-hydrogen) atoms. The van der Waals surface area contributed by atoms with Crippen molar-refractivity contribution in [1.82, 2.24) is 20.2 Å². The molecule has 1 heterocycles. The second-order valence-electron chi connectivity index (χ2n) is 7.63. The van der Waals surface area contributed by atoms with Crippen LogP contribution >= 0.6 is 0 Å². The molecule has 0 saturated heterocycles. The van der Waals surface area contributed by atoms with Crippen molar-refractivity contribution in [2.45, 2.75) is 12.1 Å². The first-order valence-corrected chi connectivity index (χ1v) is 11.3. The Labute approximate surface area is 215 Å². The molecule has 12 nitrogen and oxygen atoms in total. The standard InChI is InChI=1S/C25H32N4O8/c1-7-10-29-24(26-27-28-29)25(30,18-14-21(33-4)23(35-6)22(15-18)34-5)17-8-9-19(32-3)20(13-17)37-16-36-12-11-31-2/h7-9,13-15,30H,1,10-12,16H2,2-6H3. The number of benzene rings is 2. The number of aliphatic hydroxyl groups is 1. The average molecular weight is 517 g/mol. The van der Waals surface area contributed by atoms with E-state index in [-0.39, 0.29) is 19.2 Å². The normalized spacial score (nSPS) is 12.5. The first-order chi connectivity index (χ1) is 18.0. The summed E-state index contributed by atoms with van der Waals surface area (Å²) in [7, 11) is 7.58. The lowest BCUT2D eigenvalue weighted by molar-refractivity contribution is -0.00964. The molecule has 0 aliphatic rings. The summed E-state index contributed by atoms with van der Waals surface area (Å²) in [5.41, 5.74) is -1.15. The fourth-order valence-electron chi connectivity index (χ4n) is 3.74. The van der Waals surface area contributed by atoms with Crippen LogP contribution in [0.15, 0.2) is 43.0 Å². The fraction of sp³-hybridized carbons (Fsp3) is 0.400. The van der Waals surface area contributed by atoms with E-state index in [0.717, 1.165) is 0 Å². The Morgan fingerprint density at radius 1 is 0.892 bits per heavy atom. The molecule has 1 unspecified atom stereocenters. The maximum absolute atomic E-state index is 12.5. The minimum atomic E-state index is -1.89. The second-order valence-corrected chi connectivity index (χ2v) is 7.63. The van der Waals surface area contributed by atoms with E-state index in [4.69, 9.17) is 33.2 Å². The van der Waals surface area contributed by atoms with Gasteiger partial charge in [-0.25, -0.2) is 4.68 Å². The molecule has 0 aliphatic heterocycles. The highest BCUT2D eigenvalue weighted by molar-refractivity contribution is 5.59. The van der Waals surface area contributed by atoms with E-state index in [9.17, 15) is 5.11 Å². The molecular weight excluding hydrogens is 484 g/mol. The number of nitrogens with zero attached hydrogens (tertiary/aromatic N) is 4. The molecule has 0 fully saturated rings. The number of hydrogen-bond donors (Lipinski definition) is 1. The van der Waals surface area contributed by atoms with Crippen LogP contribution in [0.25, 0.3) is 0 Å². The van der Waals surface area contributed by atoms with Gasteiger partial charge in [-0.3, -0.25) is 0 Å². The van der Waals surface area contributed by atoms with Crippen molar-refractivity contribution in [1.29, 1.82) is 0 Å². The van der Waals surface area contributed by atoms with E-state index in [1.165, 1.54) is 33.1 Å². The SMILES string of the molecule is C=CCn1nnnc1C(O)(c1ccc(OC)c(OCOCCOC)c1)c1cc(OC)c(OC)c(OC)c1. The van der Waals surface area contributed by atoms with Crippen molar-refractivity contribution in [3.8, 4) is 28.7 Å². The molecule has 0 radical (unpaired) electrons. The van der Waals surface area contributed by atoms with Gasteiger partial charge in [0.1, 0.15) is 0 Å².